The summed E-state index contributed by atoms with van der Waals surface area (Å²) in [5, 5.41) is 2.97. The molecule has 0 unspecified atom stereocenters. The summed E-state index contributed by atoms with van der Waals surface area (Å²) in [6.45, 7) is 10.7. The van der Waals surface area contributed by atoms with E-state index in [9.17, 15) is 4.79 Å². The van der Waals surface area contributed by atoms with E-state index < -0.39 is 0 Å². The molecule has 0 aliphatic carbocycles. The van der Waals surface area contributed by atoms with Gasteiger partial charge in [0, 0.05) is 12.2 Å². The number of amides is 1. The fourth-order valence-corrected chi connectivity index (χ4v) is 1.83. The molecule has 0 aliphatic heterocycles. The minimum absolute atomic E-state index is 0.0564. The lowest BCUT2D eigenvalue weighted by molar-refractivity contribution is -0.122. The minimum atomic E-state index is 0.0564. The van der Waals surface area contributed by atoms with Crippen molar-refractivity contribution < 1.29 is 4.79 Å². The molecule has 0 radical (unpaired) electrons. The Morgan fingerprint density at radius 3 is 2.67 bits per heavy atom. The van der Waals surface area contributed by atoms with Gasteiger partial charge in [0.1, 0.15) is 12.4 Å². The molecule has 4 heteroatoms. The molecule has 18 heavy (non-hydrogen) atoms. The van der Waals surface area contributed by atoms with E-state index in [4.69, 9.17) is 0 Å². The number of imidazole rings is 1. The van der Waals surface area contributed by atoms with E-state index in [0.717, 1.165) is 24.4 Å². The van der Waals surface area contributed by atoms with Gasteiger partial charge in [-0.15, -0.1) is 0 Å². The molecular weight excluding hydrogens is 226 g/mol. The molecule has 1 aromatic heterocycles. The van der Waals surface area contributed by atoms with E-state index in [1.807, 2.05) is 24.6 Å². The quantitative estimate of drug-likeness (QED) is 0.843. The van der Waals surface area contributed by atoms with Gasteiger partial charge in [0.2, 0.25) is 5.91 Å². The maximum Gasteiger partial charge on any atom is 0.240 e. The molecule has 1 aromatic rings. The van der Waals surface area contributed by atoms with Gasteiger partial charge in [0.05, 0.1) is 5.69 Å². The number of nitrogens with zero attached hydrogens (tertiary/aromatic N) is 2. The highest BCUT2D eigenvalue weighted by Gasteiger charge is 2.10. The Bertz CT molecular complexity index is 396. The van der Waals surface area contributed by atoms with Crippen LogP contribution in [0.3, 0.4) is 0 Å². The fraction of sp³-hybridized carbons (Fsp3) is 0.714. The maximum absolute atomic E-state index is 11.8. The van der Waals surface area contributed by atoms with Crippen molar-refractivity contribution in [1.29, 1.82) is 0 Å². The van der Waals surface area contributed by atoms with E-state index >= 15 is 0 Å². The molecule has 4 nitrogen and oxygen atoms in total. The van der Waals surface area contributed by atoms with Crippen molar-refractivity contribution in [3.8, 4) is 0 Å². The lowest BCUT2D eigenvalue weighted by Gasteiger charge is -2.12. The summed E-state index contributed by atoms with van der Waals surface area (Å²) in [5.41, 5.74) is 1.07. The minimum Gasteiger partial charge on any atom is -0.352 e. The summed E-state index contributed by atoms with van der Waals surface area (Å²) >= 11 is 0. The summed E-state index contributed by atoms with van der Waals surface area (Å²) < 4.78 is 1.93. The summed E-state index contributed by atoms with van der Waals surface area (Å²) in [6, 6.07) is 0.233. The molecule has 0 spiro atoms. The molecule has 0 aromatic carbocycles. The van der Waals surface area contributed by atoms with Crippen molar-refractivity contribution in [3.05, 3.63) is 17.7 Å². The van der Waals surface area contributed by atoms with Gasteiger partial charge >= 0.3 is 0 Å². The predicted octanol–water partition coefficient (Wildman–Crippen LogP) is 2.30. The van der Waals surface area contributed by atoms with Gasteiger partial charge < -0.3 is 9.88 Å². The predicted molar refractivity (Wildman–Crippen MR) is 73.4 cm³/mol. The number of aromatic nitrogens is 2. The van der Waals surface area contributed by atoms with Gasteiger partial charge in [-0.1, -0.05) is 20.8 Å². The van der Waals surface area contributed by atoms with Crippen molar-refractivity contribution in [2.75, 3.05) is 0 Å². The van der Waals surface area contributed by atoms with Crippen molar-refractivity contribution >= 4 is 5.91 Å². The average Bonchev–Trinajstić information content (AvgIpc) is 2.57. The Kier molecular flexibility index (Phi) is 5.38. The van der Waals surface area contributed by atoms with E-state index in [0.29, 0.717) is 12.5 Å². The summed E-state index contributed by atoms with van der Waals surface area (Å²) in [5.74, 6) is 1.55. The van der Waals surface area contributed by atoms with Gasteiger partial charge in [-0.25, -0.2) is 4.98 Å². The second kappa shape index (κ2) is 6.57. The molecule has 0 fully saturated rings. The van der Waals surface area contributed by atoms with Crippen LogP contribution in [0.15, 0.2) is 6.20 Å². The van der Waals surface area contributed by atoms with Crippen molar-refractivity contribution in [3.63, 3.8) is 0 Å². The normalized spacial score (nSPS) is 12.8. The van der Waals surface area contributed by atoms with Crippen LogP contribution in [0, 0.1) is 12.8 Å². The maximum atomic E-state index is 11.8. The Morgan fingerprint density at radius 2 is 2.11 bits per heavy atom. The zero-order valence-corrected chi connectivity index (χ0v) is 12.2. The molecule has 0 bridgehead atoms. The lowest BCUT2D eigenvalue weighted by atomic mass is 10.1. The van der Waals surface area contributed by atoms with Crippen LogP contribution in [0.5, 0.6) is 0 Å². The van der Waals surface area contributed by atoms with Crippen LogP contribution in [0.1, 0.15) is 45.6 Å². The molecule has 1 amide bonds. The third-order valence-electron chi connectivity index (χ3n) is 2.98. The summed E-state index contributed by atoms with van der Waals surface area (Å²) in [7, 11) is 0. The first kappa shape index (κ1) is 14.7. The molecule has 102 valence electrons. The van der Waals surface area contributed by atoms with E-state index in [2.05, 4.69) is 31.1 Å². The van der Waals surface area contributed by atoms with E-state index in [1.54, 1.807) is 0 Å². The first-order valence-electron chi connectivity index (χ1n) is 6.74. The van der Waals surface area contributed by atoms with Crippen LogP contribution in [-0.2, 0) is 17.8 Å². The third kappa shape index (κ3) is 4.51. The molecule has 1 rings (SSSR count). The van der Waals surface area contributed by atoms with Crippen LogP contribution >= 0.6 is 0 Å². The first-order valence-corrected chi connectivity index (χ1v) is 6.74. The number of carbonyl (C=O) groups excluding carboxylic acids is 1. The highest BCUT2D eigenvalue weighted by Crippen LogP contribution is 2.08. The highest BCUT2D eigenvalue weighted by atomic mass is 16.2. The topological polar surface area (TPSA) is 46.9 Å². The van der Waals surface area contributed by atoms with Crippen LogP contribution in [0.4, 0.5) is 0 Å². The number of hydrogen-bond donors (Lipinski definition) is 1. The van der Waals surface area contributed by atoms with E-state index in [1.165, 1.54) is 0 Å². The highest BCUT2D eigenvalue weighted by molar-refractivity contribution is 5.76. The Hall–Kier alpha value is -1.32. The monoisotopic (exact) mass is 251 g/mol. The van der Waals surface area contributed by atoms with Crippen molar-refractivity contribution in [2.45, 2.75) is 60.0 Å². The number of nitrogens with one attached hydrogen (secondary N) is 1. The zero-order chi connectivity index (χ0) is 13.7. The van der Waals surface area contributed by atoms with Gasteiger partial charge in [-0.2, -0.15) is 0 Å². The SMILES string of the molecule is CC[C@@H](C)NC(=O)Cn1cc(CC(C)C)nc1C. The van der Waals surface area contributed by atoms with Gasteiger partial charge in [-0.3, -0.25) is 4.79 Å². The average molecular weight is 251 g/mol. The van der Waals surface area contributed by atoms with Gasteiger partial charge in [0.25, 0.3) is 0 Å². The molecule has 0 aliphatic rings. The second-order valence-electron chi connectivity index (χ2n) is 5.38. The summed E-state index contributed by atoms with van der Waals surface area (Å²) in [4.78, 5) is 16.3. The number of carbonyl (C=O) groups is 1. The fourth-order valence-electron chi connectivity index (χ4n) is 1.83. The number of rotatable bonds is 6. The lowest BCUT2D eigenvalue weighted by Crippen LogP contribution is -2.34. The smallest absolute Gasteiger partial charge is 0.240 e. The van der Waals surface area contributed by atoms with Crippen LogP contribution in [-0.4, -0.2) is 21.5 Å². The molecule has 0 saturated heterocycles. The number of aryl methyl sites for hydroxylation is 1. The molecular formula is C14H25N3O. The second-order valence-corrected chi connectivity index (χ2v) is 5.38. The van der Waals surface area contributed by atoms with Gasteiger partial charge in [-0.05, 0) is 32.6 Å². The van der Waals surface area contributed by atoms with Crippen LogP contribution in [0.2, 0.25) is 0 Å². The summed E-state index contributed by atoms with van der Waals surface area (Å²) in [6.07, 6.45) is 3.90. The largest absolute Gasteiger partial charge is 0.352 e. The van der Waals surface area contributed by atoms with Crippen LogP contribution in [0.25, 0.3) is 0 Å². The molecule has 1 atom stereocenters. The Balaban J connectivity index is 2.61. The van der Waals surface area contributed by atoms with Crippen molar-refractivity contribution in [1.82, 2.24) is 14.9 Å². The number of hydrogen-bond acceptors (Lipinski definition) is 2. The van der Waals surface area contributed by atoms with E-state index in [-0.39, 0.29) is 11.9 Å². The Labute approximate surface area is 110 Å². The molecule has 1 heterocycles. The molecule has 0 saturated carbocycles. The van der Waals surface area contributed by atoms with Crippen LogP contribution < -0.4 is 5.32 Å². The Morgan fingerprint density at radius 1 is 1.44 bits per heavy atom. The third-order valence-corrected chi connectivity index (χ3v) is 2.98. The zero-order valence-electron chi connectivity index (χ0n) is 12.2. The first-order chi connectivity index (χ1) is 8.42. The standard InChI is InChI=1S/C14H25N3O/c1-6-11(4)15-14(18)9-17-8-13(7-10(2)3)16-12(17)5/h8,10-11H,6-7,9H2,1-5H3,(H,15,18)/t11-/m1/s1. The molecule has 1 N–H and O–H groups in total. The van der Waals surface area contributed by atoms with Crippen molar-refractivity contribution in [2.24, 2.45) is 5.92 Å². The van der Waals surface area contributed by atoms with Gasteiger partial charge in [0.15, 0.2) is 0 Å².